The van der Waals surface area contributed by atoms with Gasteiger partial charge in [0.25, 0.3) is 0 Å². The summed E-state index contributed by atoms with van der Waals surface area (Å²) in [6, 6.07) is 0. The minimum Gasteiger partial charge on any atom is -0.0805 e. The van der Waals surface area contributed by atoms with Crippen LogP contribution in [0.1, 0.15) is 39.0 Å². The van der Waals surface area contributed by atoms with Gasteiger partial charge in [-0.25, -0.2) is 0 Å². The molecule has 0 N–H and O–H groups in total. The number of allylic oxidation sites excluding steroid dienone is 4. The first-order valence-corrected chi connectivity index (χ1v) is 7.01. The van der Waals surface area contributed by atoms with Crippen LogP contribution in [-0.4, -0.2) is 0 Å². The highest BCUT2D eigenvalue weighted by atomic mass is 14.5. The summed E-state index contributed by atoms with van der Waals surface area (Å²) in [6.45, 7) is 2.32. The summed E-state index contributed by atoms with van der Waals surface area (Å²) in [6.07, 6.45) is 20.3. The maximum Gasteiger partial charge on any atom is -0.00530 e. The Morgan fingerprint density at radius 2 is 2.06 bits per heavy atom. The first-order chi connectivity index (χ1) is 7.90. The fourth-order valence-corrected chi connectivity index (χ4v) is 4.13. The molecular formula is C16H22. The van der Waals surface area contributed by atoms with E-state index in [-0.39, 0.29) is 0 Å². The van der Waals surface area contributed by atoms with Gasteiger partial charge < -0.3 is 0 Å². The maximum absolute atomic E-state index is 3.89. The fourth-order valence-electron chi connectivity index (χ4n) is 4.13. The molecule has 0 aromatic heterocycles. The van der Waals surface area contributed by atoms with Gasteiger partial charge in [0.15, 0.2) is 0 Å². The van der Waals surface area contributed by atoms with Crippen LogP contribution in [0.25, 0.3) is 0 Å². The molecule has 0 nitrogen and oxygen atoms in total. The normalized spacial score (nSPS) is 45.4. The van der Waals surface area contributed by atoms with Crippen LogP contribution >= 0.6 is 0 Å². The van der Waals surface area contributed by atoms with Crippen LogP contribution < -0.4 is 0 Å². The molecule has 0 heteroatoms. The average Bonchev–Trinajstić information content (AvgIpc) is 2.69. The van der Waals surface area contributed by atoms with Gasteiger partial charge in [-0.05, 0) is 42.4 Å². The molecule has 0 aliphatic heterocycles. The number of hydrogen-bond donors (Lipinski definition) is 0. The SMILES string of the molecule is CCCC1CCCC2C1[C]C1C=CC=CC12. The Morgan fingerprint density at radius 1 is 1.19 bits per heavy atom. The van der Waals surface area contributed by atoms with Gasteiger partial charge in [-0.3, -0.25) is 0 Å². The predicted octanol–water partition coefficient (Wildman–Crippen LogP) is 4.27. The second kappa shape index (κ2) is 4.39. The monoisotopic (exact) mass is 214 g/mol. The van der Waals surface area contributed by atoms with Gasteiger partial charge in [-0.15, -0.1) is 0 Å². The molecule has 0 aromatic rings. The summed E-state index contributed by atoms with van der Waals surface area (Å²) in [5.74, 6) is 4.08. The minimum atomic E-state index is 0.637. The van der Waals surface area contributed by atoms with Crippen molar-refractivity contribution in [2.75, 3.05) is 0 Å². The van der Waals surface area contributed by atoms with Crippen molar-refractivity contribution in [1.82, 2.24) is 0 Å². The number of hydrogen-bond acceptors (Lipinski definition) is 0. The van der Waals surface area contributed by atoms with E-state index in [1.807, 2.05) is 0 Å². The van der Waals surface area contributed by atoms with E-state index in [2.05, 4.69) is 37.6 Å². The van der Waals surface area contributed by atoms with Gasteiger partial charge in [0, 0.05) is 0 Å². The van der Waals surface area contributed by atoms with Gasteiger partial charge >= 0.3 is 0 Å². The van der Waals surface area contributed by atoms with Crippen LogP contribution in [-0.2, 0) is 0 Å². The molecular weight excluding hydrogens is 192 g/mol. The first kappa shape index (κ1) is 10.6. The van der Waals surface area contributed by atoms with E-state index in [4.69, 9.17) is 0 Å². The molecule has 0 amide bonds. The fraction of sp³-hybridized carbons (Fsp3) is 0.688. The molecule has 2 radical (unpaired) electrons. The summed E-state index contributed by atoms with van der Waals surface area (Å²) in [5.41, 5.74) is 0. The Balaban J connectivity index is 1.78. The van der Waals surface area contributed by atoms with Crippen LogP contribution in [0.4, 0.5) is 0 Å². The van der Waals surface area contributed by atoms with E-state index in [9.17, 15) is 0 Å². The van der Waals surface area contributed by atoms with Crippen molar-refractivity contribution in [2.45, 2.75) is 39.0 Å². The Hall–Kier alpha value is -0.520. The zero-order chi connectivity index (χ0) is 11.0. The molecule has 0 heterocycles. The van der Waals surface area contributed by atoms with Crippen molar-refractivity contribution in [2.24, 2.45) is 29.6 Å². The van der Waals surface area contributed by atoms with Gasteiger partial charge in [-0.1, -0.05) is 56.9 Å². The third-order valence-corrected chi connectivity index (χ3v) is 4.80. The molecule has 3 rings (SSSR count). The third kappa shape index (κ3) is 1.67. The first-order valence-electron chi connectivity index (χ1n) is 7.01. The van der Waals surface area contributed by atoms with Crippen LogP contribution in [0.15, 0.2) is 24.3 Å². The largest absolute Gasteiger partial charge is 0.0805 e. The standard InChI is InChI=1S/C16H22/c1-2-6-12-8-5-10-15-14-9-4-3-7-13(14)11-16(12)15/h3-4,7,9,12-16H,2,5-6,8,10H2,1H3. The second-order valence-electron chi connectivity index (χ2n) is 5.71. The van der Waals surface area contributed by atoms with Crippen LogP contribution in [0.5, 0.6) is 0 Å². The van der Waals surface area contributed by atoms with Gasteiger partial charge in [0.1, 0.15) is 0 Å². The highest BCUT2D eigenvalue weighted by Gasteiger charge is 2.46. The zero-order valence-corrected chi connectivity index (χ0v) is 10.2. The van der Waals surface area contributed by atoms with E-state index in [0.29, 0.717) is 5.92 Å². The molecule has 0 saturated heterocycles. The van der Waals surface area contributed by atoms with Crippen LogP contribution in [0.2, 0.25) is 0 Å². The molecule has 5 atom stereocenters. The topological polar surface area (TPSA) is 0 Å². The van der Waals surface area contributed by atoms with Crippen LogP contribution in [0.3, 0.4) is 0 Å². The van der Waals surface area contributed by atoms with Crippen molar-refractivity contribution in [1.29, 1.82) is 0 Å². The minimum absolute atomic E-state index is 0.637. The quantitative estimate of drug-likeness (QED) is 0.644. The summed E-state index contributed by atoms with van der Waals surface area (Å²) in [7, 11) is 0. The van der Waals surface area contributed by atoms with Crippen molar-refractivity contribution < 1.29 is 0 Å². The Bertz CT molecular complexity index is 297. The maximum atomic E-state index is 3.89. The lowest BCUT2D eigenvalue weighted by atomic mass is 9.70. The molecule has 2 saturated carbocycles. The summed E-state index contributed by atoms with van der Waals surface area (Å²) < 4.78 is 0. The number of fused-ring (bicyclic) bond motifs is 3. The molecule has 86 valence electrons. The zero-order valence-electron chi connectivity index (χ0n) is 10.2. The van der Waals surface area contributed by atoms with Crippen molar-refractivity contribution in [3.8, 4) is 0 Å². The molecule has 16 heavy (non-hydrogen) atoms. The van der Waals surface area contributed by atoms with Crippen molar-refractivity contribution >= 4 is 0 Å². The van der Waals surface area contributed by atoms with Gasteiger partial charge in [-0.2, -0.15) is 0 Å². The Morgan fingerprint density at radius 3 is 2.94 bits per heavy atom. The molecule has 0 bridgehead atoms. The summed E-state index contributed by atoms with van der Waals surface area (Å²) in [5, 5.41) is 0. The number of rotatable bonds is 2. The lowest BCUT2D eigenvalue weighted by Crippen LogP contribution is -2.27. The molecule has 0 spiro atoms. The lowest BCUT2D eigenvalue weighted by Gasteiger charge is -2.35. The van der Waals surface area contributed by atoms with Crippen molar-refractivity contribution in [3.05, 3.63) is 30.7 Å². The van der Waals surface area contributed by atoms with E-state index < -0.39 is 0 Å². The molecule has 2 fully saturated rings. The average molecular weight is 214 g/mol. The van der Waals surface area contributed by atoms with E-state index >= 15 is 0 Å². The van der Waals surface area contributed by atoms with Gasteiger partial charge in [0.05, 0.1) is 0 Å². The van der Waals surface area contributed by atoms with E-state index in [0.717, 1.165) is 23.7 Å². The molecule has 5 unspecified atom stereocenters. The highest BCUT2D eigenvalue weighted by Crippen LogP contribution is 2.53. The van der Waals surface area contributed by atoms with Crippen LogP contribution in [0, 0.1) is 36.0 Å². The highest BCUT2D eigenvalue weighted by molar-refractivity contribution is 5.23. The van der Waals surface area contributed by atoms with E-state index in [1.165, 1.54) is 32.1 Å². The molecule has 3 aliphatic rings. The Labute approximate surface area is 99.8 Å². The summed E-state index contributed by atoms with van der Waals surface area (Å²) >= 11 is 0. The smallest absolute Gasteiger partial charge is 0.00530 e. The molecule has 0 aromatic carbocycles. The second-order valence-corrected chi connectivity index (χ2v) is 5.71. The molecule has 3 aliphatic carbocycles. The predicted molar refractivity (Wildman–Crippen MR) is 67.7 cm³/mol. The van der Waals surface area contributed by atoms with Crippen molar-refractivity contribution in [3.63, 3.8) is 0 Å². The van der Waals surface area contributed by atoms with E-state index in [1.54, 1.807) is 0 Å². The lowest BCUT2D eigenvalue weighted by molar-refractivity contribution is 0.173. The van der Waals surface area contributed by atoms with Gasteiger partial charge in [0.2, 0.25) is 0 Å². The Kier molecular flexibility index (Phi) is 2.91. The third-order valence-electron chi connectivity index (χ3n) is 4.80. The summed E-state index contributed by atoms with van der Waals surface area (Å²) in [4.78, 5) is 0.